The molecule has 2 rings (SSSR count). The van der Waals surface area contributed by atoms with Crippen molar-refractivity contribution in [3.05, 3.63) is 29.8 Å². The summed E-state index contributed by atoms with van der Waals surface area (Å²) >= 11 is 0. The summed E-state index contributed by atoms with van der Waals surface area (Å²) in [6.45, 7) is 2.45. The molecule has 0 aromatic heterocycles. The Balaban J connectivity index is 2.41. The van der Waals surface area contributed by atoms with Gasteiger partial charge in [-0.15, -0.1) is 0 Å². The Morgan fingerprint density at radius 3 is 2.33 bits per heavy atom. The van der Waals surface area contributed by atoms with E-state index in [2.05, 4.69) is 0 Å². The molecule has 1 amide bonds. The van der Waals surface area contributed by atoms with Crippen molar-refractivity contribution in [2.45, 2.75) is 32.0 Å². The maximum absolute atomic E-state index is 12.9. The number of alkyl halides is 3. The quantitative estimate of drug-likeness (QED) is 0.825. The van der Waals surface area contributed by atoms with Crippen molar-refractivity contribution in [1.29, 1.82) is 0 Å². The molecule has 1 saturated heterocycles. The van der Waals surface area contributed by atoms with Gasteiger partial charge in [-0.2, -0.15) is 13.2 Å². The molecule has 1 aromatic carbocycles. The first-order valence-electron chi connectivity index (χ1n) is 7.47. The van der Waals surface area contributed by atoms with E-state index in [0.29, 0.717) is 13.1 Å². The van der Waals surface area contributed by atoms with Crippen LogP contribution in [-0.4, -0.2) is 44.6 Å². The van der Waals surface area contributed by atoms with E-state index in [9.17, 15) is 26.4 Å². The lowest BCUT2D eigenvalue weighted by Gasteiger charge is -2.31. The molecule has 0 unspecified atom stereocenters. The molecule has 1 aliphatic heterocycles. The van der Waals surface area contributed by atoms with Gasteiger partial charge in [-0.25, -0.2) is 8.42 Å². The van der Waals surface area contributed by atoms with Crippen LogP contribution >= 0.6 is 0 Å². The minimum Gasteiger partial charge on any atom is -0.341 e. The highest BCUT2D eigenvalue weighted by Crippen LogP contribution is 2.33. The van der Waals surface area contributed by atoms with E-state index >= 15 is 0 Å². The summed E-state index contributed by atoms with van der Waals surface area (Å²) in [6, 6.07) is 2.88. The molecule has 0 bridgehead atoms. The lowest BCUT2D eigenvalue weighted by molar-refractivity contribution is -0.137. The second-order valence-corrected chi connectivity index (χ2v) is 7.67. The highest BCUT2D eigenvalue weighted by molar-refractivity contribution is 7.92. The molecule has 1 atom stereocenters. The fourth-order valence-corrected chi connectivity index (χ4v) is 3.98. The van der Waals surface area contributed by atoms with Crippen molar-refractivity contribution in [1.82, 2.24) is 4.90 Å². The van der Waals surface area contributed by atoms with Gasteiger partial charge < -0.3 is 4.90 Å². The van der Waals surface area contributed by atoms with E-state index < -0.39 is 33.7 Å². The molecule has 1 aliphatic rings. The van der Waals surface area contributed by atoms with Crippen LogP contribution in [0.2, 0.25) is 0 Å². The van der Waals surface area contributed by atoms with Crippen molar-refractivity contribution < 1.29 is 26.4 Å². The third kappa shape index (κ3) is 4.00. The summed E-state index contributed by atoms with van der Waals surface area (Å²) in [5.41, 5.74) is -1.14. The Labute approximate surface area is 139 Å². The highest BCUT2D eigenvalue weighted by atomic mass is 32.2. The normalized spacial score (nSPS) is 17.0. The van der Waals surface area contributed by atoms with Crippen LogP contribution in [0, 0.1) is 0 Å². The third-order valence-corrected chi connectivity index (χ3v) is 5.15. The van der Waals surface area contributed by atoms with Crippen LogP contribution in [0.5, 0.6) is 0 Å². The zero-order valence-electron chi connectivity index (χ0n) is 13.4. The minimum absolute atomic E-state index is 0.174. The lowest BCUT2D eigenvalue weighted by atomic mass is 10.1. The molecular formula is C15H19F3N2O3S. The lowest BCUT2D eigenvalue weighted by Crippen LogP contribution is -2.48. The van der Waals surface area contributed by atoms with Crippen LogP contribution in [0.3, 0.4) is 0 Å². The van der Waals surface area contributed by atoms with Crippen LogP contribution in [0.15, 0.2) is 24.3 Å². The number of anilines is 1. The van der Waals surface area contributed by atoms with E-state index in [-0.39, 0.29) is 5.69 Å². The number of carbonyl (C=O) groups is 1. The van der Waals surface area contributed by atoms with Gasteiger partial charge in [0.1, 0.15) is 6.04 Å². The molecule has 0 aliphatic carbocycles. The maximum Gasteiger partial charge on any atom is 0.416 e. The summed E-state index contributed by atoms with van der Waals surface area (Å²) in [4.78, 5) is 14.0. The average Bonchev–Trinajstić information content (AvgIpc) is 2.98. The van der Waals surface area contributed by atoms with Crippen molar-refractivity contribution >= 4 is 21.6 Å². The van der Waals surface area contributed by atoms with Gasteiger partial charge in [-0.3, -0.25) is 9.10 Å². The zero-order valence-corrected chi connectivity index (χ0v) is 14.2. The predicted molar refractivity (Wildman–Crippen MR) is 84.0 cm³/mol. The summed E-state index contributed by atoms with van der Waals surface area (Å²) in [6.07, 6.45) is -2.05. The van der Waals surface area contributed by atoms with Crippen molar-refractivity contribution in [2.24, 2.45) is 0 Å². The van der Waals surface area contributed by atoms with Crippen molar-refractivity contribution in [3.63, 3.8) is 0 Å². The third-order valence-electron chi connectivity index (χ3n) is 3.91. The molecule has 5 nitrogen and oxygen atoms in total. The fraction of sp³-hybridized carbons (Fsp3) is 0.533. The standard InChI is InChI=1S/C15H19F3N2O3S/c1-11(14(21)19-8-3-4-9-19)20(24(2,22)23)13-7-5-6-12(10-13)15(16,17)18/h5-7,10-11H,3-4,8-9H2,1-2H3/t11-/m1/s1. The molecule has 0 radical (unpaired) electrons. The van der Waals surface area contributed by atoms with Gasteiger partial charge in [0, 0.05) is 13.1 Å². The van der Waals surface area contributed by atoms with E-state index in [0.717, 1.165) is 41.6 Å². The van der Waals surface area contributed by atoms with Crippen LogP contribution < -0.4 is 4.31 Å². The summed E-state index contributed by atoms with van der Waals surface area (Å²) < 4.78 is 63.7. The number of halogens is 3. The van der Waals surface area contributed by atoms with E-state index in [1.54, 1.807) is 0 Å². The van der Waals surface area contributed by atoms with Gasteiger partial charge in [0.25, 0.3) is 0 Å². The van der Waals surface area contributed by atoms with Crippen LogP contribution in [0.4, 0.5) is 18.9 Å². The number of likely N-dealkylation sites (tertiary alicyclic amines) is 1. The van der Waals surface area contributed by atoms with Gasteiger partial charge in [-0.1, -0.05) is 6.07 Å². The Kier molecular flexibility index (Phi) is 5.12. The van der Waals surface area contributed by atoms with Gasteiger partial charge in [0.2, 0.25) is 15.9 Å². The Morgan fingerprint density at radius 1 is 1.25 bits per heavy atom. The first-order valence-corrected chi connectivity index (χ1v) is 9.32. The summed E-state index contributed by atoms with van der Waals surface area (Å²) in [5.74, 6) is -0.407. The first-order chi connectivity index (χ1) is 11.0. The number of sulfonamides is 1. The molecular weight excluding hydrogens is 345 g/mol. The number of rotatable bonds is 4. The number of benzene rings is 1. The van der Waals surface area contributed by atoms with Crippen molar-refractivity contribution in [2.75, 3.05) is 23.7 Å². The average molecular weight is 364 g/mol. The fourth-order valence-electron chi connectivity index (χ4n) is 2.82. The number of nitrogens with zero attached hydrogens (tertiary/aromatic N) is 2. The number of hydrogen-bond donors (Lipinski definition) is 0. The second-order valence-electron chi connectivity index (χ2n) is 5.82. The number of hydrogen-bond acceptors (Lipinski definition) is 3. The molecule has 1 heterocycles. The van der Waals surface area contributed by atoms with Gasteiger partial charge >= 0.3 is 6.18 Å². The molecule has 1 fully saturated rings. The van der Waals surface area contributed by atoms with E-state index in [4.69, 9.17) is 0 Å². The van der Waals surface area contributed by atoms with Gasteiger partial charge in [-0.05, 0) is 38.0 Å². The van der Waals surface area contributed by atoms with Gasteiger partial charge in [0.15, 0.2) is 0 Å². The van der Waals surface area contributed by atoms with Crippen LogP contribution in [0.1, 0.15) is 25.3 Å². The van der Waals surface area contributed by atoms with E-state index in [1.807, 2.05) is 0 Å². The molecule has 0 saturated carbocycles. The summed E-state index contributed by atoms with van der Waals surface area (Å²) in [7, 11) is -3.94. The molecule has 134 valence electrons. The minimum atomic E-state index is -4.60. The topological polar surface area (TPSA) is 57.7 Å². The first kappa shape index (κ1) is 18.6. The van der Waals surface area contributed by atoms with Crippen LogP contribution in [-0.2, 0) is 21.0 Å². The van der Waals surface area contributed by atoms with E-state index in [1.165, 1.54) is 17.9 Å². The Morgan fingerprint density at radius 2 is 1.83 bits per heavy atom. The Bertz CT molecular complexity index is 713. The smallest absolute Gasteiger partial charge is 0.341 e. The SMILES string of the molecule is C[C@H](C(=O)N1CCCC1)N(c1cccc(C(F)(F)F)c1)S(C)(=O)=O. The zero-order chi connectivity index (χ0) is 18.1. The largest absolute Gasteiger partial charge is 0.416 e. The maximum atomic E-state index is 12.9. The predicted octanol–water partition coefficient (Wildman–Crippen LogP) is 2.48. The monoisotopic (exact) mass is 364 g/mol. The molecule has 0 spiro atoms. The molecule has 9 heteroatoms. The highest BCUT2D eigenvalue weighted by Gasteiger charge is 2.35. The summed E-state index contributed by atoms with van der Waals surface area (Å²) in [5, 5.41) is 0. The van der Waals surface area contributed by atoms with Crippen LogP contribution in [0.25, 0.3) is 0 Å². The van der Waals surface area contributed by atoms with Gasteiger partial charge in [0.05, 0.1) is 17.5 Å². The molecule has 24 heavy (non-hydrogen) atoms. The number of carbonyl (C=O) groups excluding carboxylic acids is 1. The number of amides is 1. The molecule has 1 aromatic rings. The van der Waals surface area contributed by atoms with Crippen molar-refractivity contribution in [3.8, 4) is 0 Å². The molecule has 0 N–H and O–H groups in total. The Hall–Kier alpha value is -1.77. The second kappa shape index (κ2) is 6.62.